The van der Waals surface area contributed by atoms with Crippen LogP contribution in [0, 0.1) is 11.8 Å². The molecule has 1 aromatic carbocycles. The van der Waals surface area contributed by atoms with E-state index >= 15 is 0 Å². The van der Waals surface area contributed by atoms with Gasteiger partial charge in [0.05, 0.1) is 5.71 Å². The van der Waals surface area contributed by atoms with Crippen LogP contribution >= 0.6 is 0 Å². The molecule has 0 aliphatic carbocycles. The summed E-state index contributed by atoms with van der Waals surface area (Å²) in [6.07, 6.45) is 5.62. The Bertz CT molecular complexity index is 575. The lowest BCUT2D eigenvalue weighted by atomic mass is 9.79. The number of nitrogens with one attached hydrogen (secondary N) is 1. The standard InChI is InChI=1S/C19H27N3O/c1-4-5-6-7-18-14(2)15(3)21-22-19(18)17-10-8-16(9-11-17)12-20-13-23/h8-11,13-14,18H,4-7,12H2,1-3H3,(H,20,23). The number of carbonyl (C=O) groups excluding carboxylic acids is 1. The molecular formula is C19H27N3O. The Morgan fingerprint density at radius 2 is 1.91 bits per heavy atom. The van der Waals surface area contributed by atoms with Crippen LogP contribution in [0.3, 0.4) is 0 Å². The molecule has 2 atom stereocenters. The van der Waals surface area contributed by atoms with Gasteiger partial charge in [-0.3, -0.25) is 4.79 Å². The topological polar surface area (TPSA) is 53.8 Å². The number of hydrogen-bond acceptors (Lipinski definition) is 3. The smallest absolute Gasteiger partial charge is 0.207 e. The molecule has 1 N–H and O–H groups in total. The van der Waals surface area contributed by atoms with Gasteiger partial charge in [0.15, 0.2) is 0 Å². The summed E-state index contributed by atoms with van der Waals surface area (Å²) >= 11 is 0. The van der Waals surface area contributed by atoms with Crippen molar-refractivity contribution in [3.63, 3.8) is 0 Å². The van der Waals surface area contributed by atoms with Crippen LogP contribution < -0.4 is 5.32 Å². The van der Waals surface area contributed by atoms with Crippen LogP contribution in [0.4, 0.5) is 0 Å². The quantitative estimate of drug-likeness (QED) is 0.573. The maximum atomic E-state index is 10.4. The fourth-order valence-electron chi connectivity index (χ4n) is 3.05. The molecule has 0 spiro atoms. The molecule has 0 aromatic heterocycles. The molecule has 0 saturated carbocycles. The predicted molar refractivity (Wildman–Crippen MR) is 95.8 cm³/mol. The zero-order valence-corrected chi connectivity index (χ0v) is 14.4. The van der Waals surface area contributed by atoms with E-state index in [1.165, 1.54) is 19.3 Å². The van der Waals surface area contributed by atoms with Crippen molar-refractivity contribution in [2.24, 2.45) is 22.0 Å². The molecule has 4 heteroatoms. The Labute approximate surface area is 139 Å². The fourth-order valence-corrected chi connectivity index (χ4v) is 3.05. The second kappa shape index (κ2) is 8.61. The summed E-state index contributed by atoms with van der Waals surface area (Å²) in [6.45, 7) is 7.13. The average Bonchev–Trinajstić information content (AvgIpc) is 2.58. The molecule has 1 aromatic rings. The van der Waals surface area contributed by atoms with Gasteiger partial charge in [0, 0.05) is 24.1 Å². The van der Waals surface area contributed by atoms with Crippen molar-refractivity contribution in [1.82, 2.24) is 5.32 Å². The SMILES string of the molecule is CCCCCC1C(c2ccc(CNC=O)cc2)=NN=C(C)C1C. The first-order valence-corrected chi connectivity index (χ1v) is 8.55. The van der Waals surface area contributed by atoms with Crippen molar-refractivity contribution in [3.05, 3.63) is 35.4 Å². The van der Waals surface area contributed by atoms with Crippen molar-refractivity contribution < 1.29 is 4.79 Å². The molecular weight excluding hydrogens is 286 g/mol. The van der Waals surface area contributed by atoms with Gasteiger partial charge in [-0.25, -0.2) is 0 Å². The van der Waals surface area contributed by atoms with Gasteiger partial charge in [0.1, 0.15) is 0 Å². The number of unbranched alkanes of at least 4 members (excludes halogenated alkanes) is 2. The van der Waals surface area contributed by atoms with Crippen LogP contribution in [0.1, 0.15) is 57.6 Å². The van der Waals surface area contributed by atoms with Crippen molar-refractivity contribution in [3.8, 4) is 0 Å². The monoisotopic (exact) mass is 313 g/mol. The van der Waals surface area contributed by atoms with Gasteiger partial charge >= 0.3 is 0 Å². The minimum atomic E-state index is 0.441. The van der Waals surface area contributed by atoms with Gasteiger partial charge < -0.3 is 5.32 Å². The van der Waals surface area contributed by atoms with E-state index in [0.29, 0.717) is 18.4 Å². The third-order valence-corrected chi connectivity index (χ3v) is 4.69. The molecule has 1 aliphatic rings. The van der Waals surface area contributed by atoms with Crippen LogP contribution in [0.15, 0.2) is 34.5 Å². The maximum absolute atomic E-state index is 10.4. The first-order chi connectivity index (χ1) is 11.2. The van der Waals surface area contributed by atoms with Crippen LogP contribution in [-0.4, -0.2) is 17.8 Å². The lowest BCUT2D eigenvalue weighted by Crippen LogP contribution is -2.30. The number of nitrogens with zero attached hydrogens (tertiary/aromatic N) is 2. The molecule has 4 nitrogen and oxygen atoms in total. The van der Waals surface area contributed by atoms with E-state index in [-0.39, 0.29) is 0 Å². The summed E-state index contributed by atoms with van der Waals surface area (Å²) < 4.78 is 0. The molecule has 1 heterocycles. The minimum Gasteiger partial charge on any atom is -0.355 e. The highest BCUT2D eigenvalue weighted by Crippen LogP contribution is 2.29. The minimum absolute atomic E-state index is 0.441. The van der Waals surface area contributed by atoms with Crippen molar-refractivity contribution >= 4 is 17.8 Å². The van der Waals surface area contributed by atoms with Crippen LogP contribution in [0.5, 0.6) is 0 Å². The van der Waals surface area contributed by atoms with Gasteiger partial charge in [-0.05, 0) is 24.5 Å². The normalized spacial score (nSPS) is 20.7. The van der Waals surface area contributed by atoms with E-state index < -0.39 is 0 Å². The number of carbonyl (C=O) groups is 1. The number of benzene rings is 1. The zero-order chi connectivity index (χ0) is 16.7. The second-order valence-electron chi connectivity index (χ2n) is 6.31. The molecule has 1 aliphatic heterocycles. The molecule has 0 bridgehead atoms. The van der Waals surface area contributed by atoms with Gasteiger partial charge in [0.25, 0.3) is 0 Å². The van der Waals surface area contributed by atoms with Gasteiger partial charge in [-0.1, -0.05) is 57.4 Å². The first kappa shape index (κ1) is 17.4. The summed E-state index contributed by atoms with van der Waals surface area (Å²) in [5.41, 5.74) is 4.47. The highest BCUT2D eigenvalue weighted by atomic mass is 16.1. The predicted octanol–water partition coefficient (Wildman–Crippen LogP) is 3.94. The molecule has 1 amide bonds. The molecule has 23 heavy (non-hydrogen) atoms. The van der Waals surface area contributed by atoms with E-state index in [0.717, 1.165) is 35.4 Å². The Hall–Kier alpha value is -1.97. The van der Waals surface area contributed by atoms with Crippen molar-refractivity contribution in [1.29, 1.82) is 0 Å². The summed E-state index contributed by atoms with van der Waals surface area (Å²) in [4.78, 5) is 10.4. The van der Waals surface area contributed by atoms with E-state index in [2.05, 4.69) is 48.4 Å². The maximum Gasteiger partial charge on any atom is 0.207 e. The Morgan fingerprint density at radius 1 is 1.17 bits per heavy atom. The molecule has 124 valence electrons. The second-order valence-corrected chi connectivity index (χ2v) is 6.31. The Kier molecular flexibility index (Phi) is 6.51. The number of rotatable bonds is 8. The van der Waals surface area contributed by atoms with Crippen LogP contribution in [0.2, 0.25) is 0 Å². The van der Waals surface area contributed by atoms with E-state index in [1.807, 2.05) is 12.1 Å². The lowest BCUT2D eigenvalue weighted by Gasteiger charge is -2.28. The Balaban J connectivity index is 2.17. The highest BCUT2D eigenvalue weighted by Gasteiger charge is 2.28. The highest BCUT2D eigenvalue weighted by molar-refractivity contribution is 6.06. The van der Waals surface area contributed by atoms with Crippen LogP contribution in [-0.2, 0) is 11.3 Å². The summed E-state index contributed by atoms with van der Waals surface area (Å²) in [5, 5.41) is 11.6. The van der Waals surface area contributed by atoms with Crippen LogP contribution in [0.25, 0.3) is 0 Å². The lowest BCUT2D eigenvalue weighted by molar-refractivity contribution is -0.109. The van der Waals surface area contributed by atoms with Crippen molar-refractivity contribution in [2.75, 3.05) is 0 Å². The van der Waals surface area contributed by atoms with E-state index in [9.17, 15) is 4.79 Å². The summed E-state index contributed by atoms with van der Waals surface area (Å²) in [5.74, 6) is 0.883. The van der Waals surface area contributed by atoms with E-state index in [1.54, 1.807) is 0 Å². The number of amides is 1. The summed E-state index contributed by atoms with van der Waals surface area (Å²) in [6, 6.07) is 8.29. The largest absolute Gasteiger partial charge is 0.355 e. The molecule has 0 fully saturated rings. The first-order valence-electron chi connectivity index (χ1n) is 8.55. The van der Waals surface area contributed by atoms with Gasteiger partial charge in [-0.2, -0.15) is 10.2 Å². The molecule has 2 unspecified atom stereocenters. The fraction of sp³-hybridized carbons (Fsp3) is 0.526. The summed E-state index contributed by atoms with van der Waals surface area (Å²) in [7, 11) is 0. The third kappa shape index (κ3) is 4.50. The molecule has 0 saturated heterocycles. The zero-order valence-electron chi connectivity index (χ0n) is 14.4. The van der Waals surface area contributed by atoms with Gasteiger partial charge in [-0.15, -0.1) is 0 Å². The number of hydrogen-bond donors (Lipinski definition) is 1. The molecule has 2 rings (SSSR count). The van der Waals surface area contributed by atoms with Gasteiger partial charge in [0.2, 0.25) is 6.41 Å². The molecule has 0 radical (unpaired) electrons. The third-order valence-electron chi connectivity index (χ3n) is 4.69. The van der Waals surface area contributed by atoms with E-state index in [4.69, 9.17) is 0 Å². The Morgan fingerprint density at radius 3 is 2.57 bits per heavy atom. The average molecular weight is 313 g/mol. The van der Waals surface area contributed by atoms with Crippen molar-refractivity contribution in [2.45, 2.75) is 53.0 Å².